The summed E-state index contributed by atoms with van der Waals surface area (Å²) in [5, 5.41) is 3.68. The first-order valence-corrected chi connectivity index (χ1v) is 6.39. The highest BCUT2D eigenvalue weighted by Gasteiger charge is 2.31. The quantitative estimate of drug-likeness (QED) is 0.822. The highest BCUT2D eigenvalue weighted by atomic mass is 16.5. The summed E-state index contributed by atoms with van der Waals surface area (Å²) in [5.41, 5.74) is 2.97. The van der Waals surface area contributed by atoms with Crippen molar-refractivity contribution in [3.63, 3.8) is 0 Å². The fraction of sp³-hybridized carbons (Fsp3) is 0.571. The number of ether oxygens (including phenoxy) is 1. The van der Waals surface area contributed by atoms with Crippen LogP contribution in [-0.4, -0.2) is 13.2 Å². The van der Waals surface area contributed by atoms with Gasteiger partial charge in [0.05, 0.1) is 6.61 Å². The molecule has 0 aromatic heterocycles. The molecule has 0 saturated carbocycles. The molecule has 0 aliphatic carbocycles. The van der Waals surface area contributed by atoms with Gasteiger partial charge in [0.1, 0.15) is 5.75 Å². The van der Waals surface area contributed by atoms with E-state index in [-0.39, 0.29) is 0 Å². The molecule has 1 aromatic rings. The van der Waals surface area contributed by atoms with Crippen molar-refractivity contribution >= 4 is 0 Å². The third-order valence-electron chi connectivity index (χ3n) is 3.80. The average Bonchev–Trinajstić information content (AvgIpc) is 2.33. The molecule has 2 aliphatic rings. The zero-order valence-corrected chi connectivity index (χ0v) is 9.83. The molecule has 0 saturated heterocycles. The molecular weight excluding hydrogens is 198 g/mol. The van der Waals surface area contributed by atoms with Crippen LogP contribution in [0.15, 0.2) is 18.2 Å². The largest absolute Gasteiger partial charge is 0.493 e. The first-order valence-electron chi connectivity index (χ1n) is 6.39. The van der Waals surface area contributed by atoms with Crippen molar-refractivity contribution in [2.75, 3.05) is 13.2 Å². The van der Waals surface area contributed by atoms with Crippen LogP contribution < -0.4 is 10.1 Å². The summed E-state index contributed by atoms with van der Waals surface area (Å²) in [6.07, 6.45) is 3.62. The van der Waals surface area contributed by atoms with Gasteiger partial charge in [-0.1, -0.05) is 25.5 Å². The zero-order valence-electron chi connectivity index (χ0n) is 9.83. The fourth-order valence-electron chi connectivity index (χ4n) is 3.03. The van der Waals surface area contributed by atoms with Crippen LogP contribution in [0.3, 0.4) is 0 Å². The lowest BCUT2D eigenvalue weighted by Gasteiger charge is -2.36. The Hall–Kier alpha value is -1.02. The molecule has 1 aromatic carbocycles. The molecule has 2 aliphatic heterocycles. The minimum atomic E-state index is 0.540. The van der Waals surface area contributed by atoms with Gasteiger partial charge in [-0.2, -0.15) is 0 Å². The first-order chi connectivity index (χ1) is 7.90. The van der Waals surface area contributed by atoms with Crippen LogP contribution in [0.5, 0.6) is 5.75 Å². The number of rotatable bonds is 2. The van der Waals surface area contributed by atoms with Crippen LogP contribution in [0.1, 0.15) is 49.3 Å². The van der Waals surface area contributed by atoms with Gasteiger partial charge in [0.15, 0.2) is 0 Å². The number of benzene rings is 1. The van der Waals surface area contributed by atoms with Crippen molar-refractivity contribution in [1.82, 2.24) is 5.32 Å². The summed E-state index contributed by atoms with van der Waals surface area (Å²) in [6.45, 7) is 4.25. The molecule has 2 heterocycles. The summed E-state index contributed by atoms with van der Waals surface area (Å²) < 4.78 is 5.77. The van der Waals surface area contributed by atoms with Gasteiger partial charge in [-0.25, -0.2) is 0 Å². The van der Waals surface area contributed by atoms with E-state index >= 15 is 0 Å². The molecule has 3 rings (SSSR count). The van der Waals surface area contributed by atoms with Gasteiger partial charge in [-0.3, -0.25) is 0 Å². The van der Waals surface area contributed by atoms with Gasteiger partial charge < -0.3 is 10.1 Å². The second-order valence-corrected chi connectivity index (χ2v) is 4.84. The molecule has 0 fully saturated rings. The van der Waals surface area contributed by atoms with Gasteiger partial charge in [0.25, 0.3) is 0 Å². The van der Waals surface area contributed by atoms with Crippen molar-refractivity contribution in [2.45, 2.75) is 38.1 Å². The maximum Gasteiger partial charge on any atom is 0.123 e. The molecule has 2 atom stereocenters. The predicted molar refractivity (Wildman–Crippen MR) is 64.9 cm³/mol. The Kier molecular flexibility index (Phi) is 2.60. The molecule has 0 radical (unpaired) electrons. The zero-order chi connectivity index (χ0) is 11.0. The Morgan fingerprint density at radius 1 is 1.44 bits per heavy atom. The van der Waals surface area contributed by atoms with Crippen molar-refractivity contribution in [3.8, 4) is 5.75 Å². The first kappa shape index (κ1) is 10.2. The third kappa shape index (κ3) is 1.52. The fourth-order valence-corrected chi connectivity index (χ4v) is 3.03. The molecule has 2 heteroatoms. The highest BCUT2D eigenvalue weighted by molar-refractivity contribution is 5.47. The number of nitrogens with one attached hydrogen (secondary N) is 1. The second kappa shape index (κ2) is 4.10. The van der Waals surface area contributed by atoms with Gasteiger partial charge in [0.2, 0.25) is 0 Å². The summed E-state index contributed by atoms with van der Waals surface area (Å²) >= 11 is 0. The van der Waals surface area contributed by atoms with Crippen LogP contribution in [0.25, 0.3) is 0 Å². The third-order valence-corrected chi connectivity index (χ3v) is 3.80. The van der Waals surface area contributed by atoms with E-state index in [9.17, 15) is 0 Å². The minimum absolute atomic E-state index is 0.540. The van der Waals surface area contributed by atoms with Crippen LogP contribution >= 0.6 is 0 Å². The molecule has 0 spiro atoms. The van der Waals surface area contributed by atoms with Crippen LogP contribution in [0.2, 0.25) is 0 Å². The van der Waals surface area contributed by atoms with Crippen molar-refractivity contribution in [2.24, 2.45) is 0 Å². The molecule has 1 N–H and O–H groups in total. The molecule has 2 nitrogen and oxygen atoms in total. The monoisotopic (exact) mass is 217 g/mol. The van der Waals surface area contributed by atoms with E-state index in [0.29, 0.717) is 12.0 Å². The SMILES string of the molecule is CCCC1NCC2CCOc3cccc1c32. The Balaban J connectivity index is 2.04. The van der Waals surface area contributed by atoms with Gasteiger partial charge >= 0.3 is 0 Å². The van der Waals surface area contributed by atoms with Crippen LogP contribution in [-0.2, 0) is 0 Å². The lowest BCUT2D eigenvalue weighted by atomic mass is 9.82. The predicted octanol–water partition coefficient (Wildman–Crippen LogP) is 3.00. The standard InChI is InChI=1S/C14H19NO/c1-2-4-12-11-5-3-6-13-14(11)10(9-15-12)7-8-16-13/h3,5-6,10,12,15H,2,4,7-9H2,1H3. The molecular formula is C14H19NO. The van der Waals surface area contributed by atoms with Crippen molar-refractivity contribution < 1.29 is 4.74 Å². The topological polar surface area (TPSA) is 21.3 Å². The molecule has 0 amide bonds. The maximum atomic E-state index is 5.77. The summed E-state index contributed by atoms with van der Waals surface area (Å²) in [5.74, 6) is 1.81. The average molecular weight is 217 g/mol. The van der Waals surface area contributed by atoms with E-state index < -0.39 is 0 Å². The molecule has 86 valence electrons. The number of hydrogen-bond acceptors (Lipinski definition) is 2. The van der Waals surface area contributed by atoms with Gasteiger partial charge in [-0.15, -0.1) is 0 Å². The maximum absolute atomic E-state index is 5.77. The Bertz CT molecular complexity index is 388. The lowest BCUT2D eigenvalue weighted by molar-refractivity contribution is 0.250. The Labute approximate surface area is 97.0 Å². The Morgan fingerprint density at radius 3 is 3.25 bits per heavy atom. The molecule has 0 bridgehead atoms. The van der Waals surface area contributed by atoms with Crippen LogP contribution in [0, 0.1) is 0 Å². The minimum Gasteiger partial charge on any atom is -0.493 e. The normalized spacial score (nSPS) is 27.1. The Morgan fingerprint density at radius 2 is 2.38 bits per heavy atom. The lowest BCUT2D eigenvalue weighted by Crippen LogP contribution is -2.35. The van der Waals surface area contributed by atoms with Gasteiger partial charge in [0, 0.05) is 24.1 Å². The van der Waals surface area contributed by atoms with E-state index in [1.165, 1.54) is 24.0 Å². The summed E-state index contributed by atoms with van der Waals surface area (Å²) in [7, 11) is 0. The van der Waals surface area contributed by atoms with E-state index in [0.717, 1.165) is 25.3 Å². The van der Waals surface area contributed by atoms with Crippen LogP contribution in [0.4, 0.5) is 0 Å². The van der Waals surface area contributed by atoms with Crippen molar-refractivity contribution in [3.05, 3.63) is 29.3 Å². The molecule has 2 unspecified atom stereocenters. The van der Waals surface area contributed by atoms with E-state index in [1.54, 1.807) is 0 Å². The second-order valence-electron chi connectivity index (χ2n) is 4.84. The van der Waals surface area contributed by atoms with E-state index in [4.69, 9.17) is 4.74 Å². The summed E-state index contributed by atoms with van der Waals surface area (Å²) in [6, 6.07) is 7.07. The van der Waals surface area contributed by atoms with Crippen molar-refractivity contribution in [1.29, 1.82) is 0 Å². The van der Waals surface area contributed by atoms with Gasteiger partial charge in [-0.05, 0) is 24.5 Å². The van der Waals surface area contributed by atoms with E-state index in [1.807, 2.05) is 0 Å². The smallest absolute Gasteiger partial charge is 0.123 e. The summed E-state index contributed by atoms with van der Waals surface area (Å²) in [4.78, 5) is 0. The number of hydrogen-bond donors (Lipinski definition) is 1. The highest BCUT2D eigenvalue weighted by Crippen LogP contribution is 2.42. The van der Waals surface area contributed by atoms with E-state index in [2.05, 4.69) is 30.4 Å². The molecule has 16 heavy (non-hydrogen) atoms.